The van der Waals surface area contributed by atoms with Crippen LogP contribution in [0.5, 0.6) is 0 Å². The fraction of sp³-hybridized carbons (Fsp3) is 0.240. The number of nitro benzene ring substituents is 1. The van der Waals surface area contributed by atoms with Crippen LogP contribution in [0.1, 0.15) is 33.5 Å². The molecular weight excluding hydrogens is 488 g/mol. The summed E-state index contributed by atoms with van der Waals surface area (Å²) in [7, 11) is 0. The van der Waals surface area contributed by atoms with Crippen molar-refractivity contribution < 1.29 is 19.6 Å². The zero-order valence-corrected chi connectivity index (χ0v) is 19.4. The molecule has 0 saturated carbocycles. The lowest BCUT2D eigenvalue weighted by Crippen LogP contribution is -2.47. The van der Waals surface area contributed by atoms with Crippen molar-refractivity contribution in [2.24, 2.45) is 0 Å². The largest absolute Gasteiger partial charge is 0.396 e. The van der Waals surface area contributed by atoms with Crippen molar-refractivity contribution in [1.82, 2.24) is 4.90 Å². The second-order valence-corrected chi connectivity index (χ2v) is 8.77. The molecule has 0 aliphatic carbocycles. The number of hydrogen-bond acceptors (Lipinski definition) is 5. The predicted octanol–water partition coefficient (Wildman–Crippen LogP) is 4.66. The van der Waals surface area contributed by atoms with Crippen molar-refractivity contribution in [1.29, 1.82) is 0 Å². The van der Waals surface area contributed by atoms with Gasteiger partial charge in [-0.25, -0.2) is 0 Å². The summed E-state index contributed by atoms with van der Waals surface area (Å²) in [6.07, 6.45) is 0.494. The molecule has 0 saturated heterocycles. The van der Waals surface area contributed by atoms with E-state index < -0.39 is 10.5 Å². The molecule has 7 nitrogen and oxygen atoms in total. The molecule has 1 unspecified atom stereocenters. The first-order chi connectivity index (χ1) is 16.0. The van der Waals surface area contributed by atoms with Crippen LogP contribution in [0.15, 0.2) is 77.3 Å². The van der Waals surface area contributed by atoms with Gasteiger partial charge in [-0.05, 0) is 41.3 Å². The number of carbonyl (C=O) groups is 1. The van der Waals surface area contributed by atoms with Crippen molar-refractivity contribution in [2.75, 3.05) is 19.8 Å². The van der Waals surface area contributed by atoms with Gasteiger partial charge in [0.25, 0.3) is 11.6 Å². The minimum Gasteiger partial charge on any atom is -0.396 e. The molecule has 8 heteroatoms. The van der Waals surface area contributed by atoms with Crippen molar-refractivity contribution in [3.8, 4) is 0 Å². The molecule has 1 aliphatic rings. The van der Waals surface area contributed by atoms with Crippen LogP contribution in [0.3, 0.4) is 0 Å². The van der Waals surface area contributed by atoms with E-state index in [-0.39, 0.29) is 31.4 Å². The number of ether oxygens (including phenoxy) is 1. The van der Waals surface area contributed by atoms with E-state index in [1.807, 2.05) is 48.5 Å². The predicted molar refractivity (Wildman–Crippen MR) is 127 cm³/mol. The van der Waals surface area contributed by atoms with Gasteiger partial charge >= 0.3 is 0 Å². The number of halogens is 1. The maximum Gasteiger partial charge on any atom is 0.269 e. The molecule has 0 spiro atoms. The lowest BCUT2D eigenvalue weighted by Gasteiger charge is -2.40. The lowest BCUT2D eigenvalue weighted by atomic mass is 9.83. The quantitative estimate of drug-likeness (QED) is 0.256. The first-order valence-corrected chi connectivity index (χ1v) is 11.4. The van der Waals surface area contributed by atoms with E-state index in [0.29, 0.717) is 18.6 Å². The molecule has 4 rings (SSSR count). The third-order valence-electron chi connectivity index (χ3n) is 5.88. The smallest absolute Gasteiger partial charge is 0.269 e. The molecule has 0 bridgehead atoms. The number of nitro groups is 1. The molecule has 170 valence electrons. The first kappa shape index (κ1) is 23.1. The van der Waals surface area contributed by atoms with E-state index in [2.05, 4.69) is 15.9 Å². The SMILES string of the molecule is O=C1c2ccccc2C(COCCCO)(c2ccc(Br)cc2)N1Cc1ccc([N+](=O)[O-])cc1. The number of nitrogens with zero attached hydrogens (tertiary/aromatic N) is 2. The Morgan fingerprint density at radius 1 is 1.03 bits per heavy atom. The van der Waals surface area contributed by atoms with E-state index in [1.54, 1.807) is 17.0 Å². The van der Waals surface area contributed by atoms with Crippen LogP contribution in [0.2, 0.25) is 0 Å². The van der Waals surface area contributed by atoms with Gasteiger partial charge in [-0.3, -0.25) is 14.9 Å². The van der Waals surface area contributed by atoms with E-state index in [4.69, 9.17) is 4.74 Å². The Morgan fingerprint density at radius 3 is 2.39 bits per heavy atom. The molecule has 0 fully saturated rings. The van der Waals surface area contributed by atoms with Crippen LogP contribution in [-0.2, 0) is 16.8 Å². The zero-order valence-electron chi connectivity index (χ0n) is 17.8. The van der Waals surface area contributed by atoms with Gasteiger partial charge in [0.15, 0.2) is 0 Å². The Hall–Kier alpha value is -3.07. The Bertz CT molecular complexity index is 1150. The van der Waals surface area contributed by atoms with Crippen LogP contribution in [0.4, 0.5) is 5.69 Å². The van der Waals surface area contributed by atoms with Gasteiger partial charge in [-0.2, -0.15) is 0 Å². The standard InChI is InChI=1S/C25H23BrN2O5/c26-20-10-8-19(9-11-20)25(17-33-15-3-14-29)23-5-2-1-4-22(23)24(30)27(25)16-18-6-12-21(13-7-18)28(31)32/h1-2,4-13,29H,3,14-17H2. The van der Waals surface area contributed by atoms with Crippen molar-refractivity contribution in [3.05, 3.63) is 110 Å². The molecule has 0 radical (unpaired) electrons. The van der Waals surface area contributed by atoms with Gasteiger partial charge < -0.3 is 14.7 Å². The van der Waals surface area contributed by atoms with E-state index in [9.17, 15) is 20.0 Å². The normalized spacial score (nSPS) is 17.3. The summed E-state index contributed by atoms with van der Waals surface area (Å²) in [6.45, 7) is 0.846. The minimum atomic E-state index is -0.883. The van der Waals surface area contributed by atoms with Crippen LogP contribution >= 0.6 is 15.9 Å². The van der Waals surface area contributed by atoms with Gasteiger partial charge in [-0.1, -0.05) is 58.4 Å². The Morgan fingerprint density at radius 2 is 1.73 bits per heavy atom. The van der Waals surface area contributed by atoms with E-state index in [0.717, 1.165) is 21.2 Å². The Balaban J connectivity index is 1.81. The van der Waals surface area contributed by atoms with Crippen LogP contribution in [0, 0.1) is 10.1 Å². The molecule has 1 atom stereocenters. The number of aliphatic hydroxyl groups is 1. The summed E-state index contributed by atoms with van der Waals surface area (Å²) in [6, 6.07) is 21.5. The van der Waals surface area contributed by atoms with Gasteiger partial charge in [0.05, 0.1) is 11.5 Å². The van der Waals surface area contributed by atoms with Gasteiger partial charge in [-0.15, -0.1) is 0 Å². The lowest BCUT2D eigenvalue weighted by molar-refractivity contribution is -0.384. The molecular formula is C25H23BrN2O5. The number of amides is 1. The molecule has 3 aromatic rings. The highest BCUT2D eigenvalue weighted by Gasteiger charge is 2.51. The van der Waals surface area contributed by atoms with E-state index in [1.165, 1.54) is 12.1 Å². The first-order valence-electron chi connectivity index (χ1n) is 10.6. The molecule has 33 heavy (non-hydrogen) atoms. The number of hydrogen-bond donors (Lipinski definition) is 1. The van der Waals surface area contributed by atoms with Gasteiger partial charge in [0.1, 0.15) is 5.54 Å². The number of non-ortho nitro benzene ring substituents is 1. The van der Waals surface area contributed by atoms with Gasteiger partial charge in [0.2, 0.25) is 0 Å². The maximum absolute atomic E-state index is 13.6. The summed E-state index contributed by atoms with van der Waals surface area (Å²) >= 11 is 3.48. The number of carbonyl (C=O) groups excluding carboxylic acids is 1. The summed E-state index contributed by atoms with van der Waals surface area (Å²) in [5, 5.41) is 20.2. The van der Waals surface area contributed by atoms with Crippen LogP contribution < -0.4 is 0 Å². The third kappa shape index (κ3) is 4.42. The summed E-state index contributed by atoms with van der Waals surface area (Å²) in [5.41, 5.74) is 2.25. The molecule has 1 heterocycles. The van der Waals surface area contributed by atoms with Crippen molar-refractivity contribution in [3.63, 3.8) is 0 Å². The minimum absolute atomic E-state index is 0.00120. The number of aliphatic hydroxyl groups excluding tert-OH is 1. The molecule has 1 amide bonds. The molecule has 3 aromatic carbocycles. The third-order valence-corrected chi connectivity index (χ3v) is 6.41. The van der Waals surface area contributed by atoms with Crippen molar-refractivity contribution >= 4 is 27.5 Å². The summed E-state index contributed by atoms with van der Waals surface area (Å²) in [4.78, 5) is 26.0. The molecule has 0 aromatic heterocycles. The topological polar surface area (TPSA) is 92.9 Å². The van der Waals surface area contributed by atoms with Crippen LogP contribution in [0.25, 0.3) is 0 Å². The highest BCUT2D eigenvalue weighted by Crippen LogP contribution is 2.45. The number of fused-ring (bicyclic) bond motifs is 1. The Kier molecular flexibility index (Phi) is 6.88. The molecule has 1 aliphatic heterocycles. The monoisotopic (exact) mass is 510 g/mol. The fourth-order valence-electron chi connectivity index (χ4n) is 4.27. The van der Waals surface area contributed by atoms with Gasteiger partial charge in [0, 0.05) is 41.9 Å². The summed E-state index contributed by atoms with van der Waals surface area (Å²) in [5.74, 6) is -0.127. The second-order valence-electron chi connectivity index (χ2n) is 7.86. The highest BCUT2D eigenvalue weighted by atomic mass is 79.9. The van der Waals surface area contributed by atoms with Crippen LogP contribution in [-0.4, -0.2) is 40.7 Å². The number of rotatable bonds is 9. The fourth-order valence-corrected chi connectivity index (χ4v) is 4.53. The van der Waals surface area contributed by atoms with Crippen molar-refractivity contribution in [2.45, 2.75) is 18.5 Å². The van der Waals surface area contributed by atoms with E-state index >= 15 is 0 Å². The average Bonchev–Trinajstić information content (AvgIpc) is 3.06. The zero-order chi connectivity index (χ0) is 23.4. The molecule has 1 N–H and O–H groups in total. The Labute approximate surface area is 199 Å². The average molecular weight is 511 g/mol. The summed E-state index contributed by atoms with van der Waals surface area (Å²) < 4.78 is 6.93. The maximum atomic E-state index is 13.6. The second kappa shape index (κ2) is 9.82. The number of benzene rings is 3. The highest BCUT2D eigenvalue weighted by molar-refractivity contribution is 9.10.